The molecule has 120 valence electrons. The van der Waals surface area contributed by atoms with Crippen LogP contribution >= 0.6 is 15.9 Å². The molecule has 0 fully saturated rings. The van der Waals surface area contributed by atoms with E-state index in [0.29, 0.717) is 5.46 Å². The van der Waals surface area contributed by atoms with Gasteiger partial charge in [0.2, 0.25) is 0 Å². The molecule has 2 rings (SSSR count). The first-order valence-corrected chi connectivity index (χ1v) is 7.64. The van der Waals surface area contributed by atoms with Gasteiger partial charge in [-0.1, -0.05) is 0 Å². The zero-order chi connectivity index (χ0) is 17.1. The average Bonchev–Trinajstić information content (AvgIpc) is 2.42. The molecule has 4 nitrogen and oxygen atoms in total. The van der Waals surface area contributed by atoms with E-state index in [0.717, 1.165) is 10.0 Å². The first kappa shape index (κ1) is 24.6. The maximum atomic E-state index is 8.72. The van der Waals surface area contributed by atoms with E-state index < -0.39 is 7.12 Å². The van der Waals surface area contributed by atoms with Gasteiger partial charge in [-0.25, -0.2) is 0 Å². The van der Waals surface area contributed by atoms with Crippen LogP contribution in [0.1, 0.15) is 31.9 Å². The molecular weight excluding hydrogens is 350 g/mol. The van der Waals surface area contributed by atoms with Gasteiger partial charge < -0.3 is 16.0 Å². The number of halogens is 1. The normalized spacial score (nSPS) is 8.91. The van der Waals surface area contributed by atoms with E-state index in [-0.39, 0.29) is 18.9 Å². The Kier molecular flexibility index (Phi) is 14.7. The molecule has 0 aliphatic rings. The Bertz CT molecular complexity index is 533. The smallest absolute Gasteiger partial charge is 0.423 e. The summed E-state index contributed by atoms with van der Waals surface area (Å²) < 4.78 is 1.07. The van der Waals surface area contributed by atoms with Crippen LogP contribution in [-0.2, 0) is 0 Å². The Morgan fingerprint density at radius 1 is 0.957 bits per heavy atom. The predicted octanol–water partition coefficient (Wildman–Crippen LogP) is -0.153. The molecule has 2 aromatic heterocycles. The Labute approximate surface area is 160 Å². The number of nitrogens with zero attached hydrogens (tertiary/aromatic N) is 2. The van der Waals surface area contributed by atoms with Gasteiger partial charge in [0.25, 0.3) is 0 Å². The molecule has 0 radical (unpaired) electrons. The monoisotopic (exact) mass is 372 g/mol. The van der Waals surface area contributed by atoms with E-state index >= 15 is 0 Å². The predicted molar refractivity (Wildman–Crippen MR) is 95.7 cm³/mol. The molecule has 0 aromatic carbocycles. The molecule has 0 aliphatic carbocycles. The summed E-state index contributed by atoms with van der Waals surface area (Å²) in [7, 11) is -1.41. The number of hydrogen-bond donors (Lipinski definition) is 2. The van der Waals surface area contributed by atoms with Gasteiger partial charge in [0, 0.05) is 34.7 Å². The fourth-order valence-corrected chi connectivity index (χ4v) is 1.44. The van der Waals surface area contributed by atoms with Crippen molar-refractivity contribution in [2.24, 2.45) is 0 Å². The van der Waals surface area contributed by atoms with Gasteiger partial charge in [-0.05, 0) is 53.0 Å². The van der Waals surface area contributed by atoms with E-state index in [9.17, 15) is 0 Å². The molecule has 0 saturated heterocycles. The van der Waals surface area contributed by atoms with Gasteiger partial charge in [-0.15, -0.1) is 0 Å². The van der Waals surface area contributed by atoms with E-state index in [1.165, 1.54) is 17.7 Å². The van der Waals surface area contributed by atoms with Crippen molar-refractivity contribution in [1.29, 1.82) is 0 Å². The summed E-state index contributed by atoms with van der Waals surface area (Å²) in [6.07, 6.45) is 6.62. The minimum Gasteiger partial charge on any atom is -0.423 e. The van der Waals surface area contributed by atoms with E-state index in [1.54, 1.807) is 31.6 Å². The molecule has 0 aliphatic heterocycles. The third-order valence-corrected chi connectivity index (χ3v) is 3.16. The van der Waals surface area contributed by atoms with Crippen LogP contribution < -0.4 is 24.3 Å². The van der Waals surface area contributed by atoms with Crippen molar-refractivity contribution >= 4 is 28.5 Å². The van der Waals surface area contributed by atoms with Crippen LogP contribution in [0, 0.1) is 19.8 Å². The number of aryl methyl sites for hydroxylation is 2. The maximum Gasteiger partial charge on any atom is 1.00 e. The van der Waals surface area contributed by atoms with Crippen molar-refractivity contribution in [2.75, 3.05) is 0 Å². The Morgan fingerprint density at radius 2 is 1.39 bits per heavy atom. The minimum absolute atomic E-state index is 0. The Morgan fingerprint density at radius 3 is 1.65 bits per heavy atom. The molecule has 0 spiro atoms. The molecule has 0 amide bonds. The SMILES string of the molecule is C[C-](C)C.Cc1ccncc1B(O)O.Cc1ccncc1Br.[Li+]. The van der Waals surface area contributed by atoms with Gasteiger partial charge in [0.15, 0.2) is 0 Å². The molecular formula is C16H23BBrLiN2O2. The first-order valence-electron chi connectivity index (χ1n) is 6.85. The summed E-state index contributed by atoms with van der Waals surface area (Å²) in [4.78, 5) is 7.64. The molecule has 0 saturated carbocycles. The summed E-state index contributed by atoms with van der Waals surface area (Å²) in [6, 6.07) is 3.69. The van der Waals surface area contributed by atoms with Crippen molar-refractivity contribution in [3.8, 4) is 0 Å². The maximum absolute atomic E-state index is 8.72. The largest absolute Gasteiger partial charge is 1.00 e. The van der Waals surface area contributed by atoms with Crippen LogP contribution in [0.3, 0.4) is 0 Å². The molecule has 0 atom stereocenters. The van der Waals surface area contributed by atoms with Crippen LogP contribution in [0.5, 0.6) is 0 Å². The molecule has 2 aromatic rings. The van der Waals surface area contributed by atoms with Crippen molar-refractivity contribution in [3.05, 3.63) is 58.4 Å². The van der Waals surface area contributed by atoms with E-state index in [2.05, 4.69) is 46.7 Å². The van der Waals surface area contributed by atoms with E-state index in [4.69, 9.17) is 10.0 Å². The van der Waals surface area contributed by atoms with Gasteiger partial charge in [0.05, 0.1) is 0 Å². The third kappa shape index (κ3) is 12.5. The van der Waals surface area contributed by atoms with Crippen molar-refractivity contribution in [3.63, 3.8) is 0 Å². The number of rotatable bonds is 1. The van der Waals surface area contributed by atoms with Gasteiger partial charge in [0.1, 0.15) is 0 Å². The van der Waals surface area contributed by atoms with Crippen LogP contribution in [0.4, 0.5) is 0 Å². The molecule has 7 heteroatoms. The zero-order valence-corrected chi connectivity index (χ0v) is 16.3. The second kappa shape index (κ2) is 13.8. The quantitative estimate of drug-likeness (QED) is 0.539. The second-order valence-electron chi connectivity index (χ2n) is 5.23. The Hall–Kier alpha value is -0.638. The summed E-state index contributed by atoms with van der Waals surface area (Å²) >= 11 is 3.33. The Balaban J connectivity index is 0. The number of hydrogen-bond acceptors (Lipinski definition) is 4. The zero-order valence-electron chi connectivity index (χ0n) is 14.7. The average molecular weight is 373 g/mol. The van der Waals surface area contributed by atoms with Crippen molar-refractivity contribution in [1.82, 2.24) is 9.97 Å². The third-order valence-electron chi connectivity index (χ3n) is 2.33. The van der Waals surface area contributed by atoms with Crippen LogP contribution in [0.15, 0.2) is 41.4 Å². The fourth-order valence-electron chi connectivity index (χ4n) is 1.19. The van der Waals surface area contributed by atoms with Crippen LogP contribution in [-0.4, -0.2) is 27.1 Å². The topological polar surface area (TPSA) is 66.2 Å². The summed E-state index contributed by atoms with van der Waals surface area (Å²) in [5.74, 6) is 1.42. The van der Waals surface area contributed by atoms with Crippen molar-refractivity contribution < 1.29 is 28.9 Å². The molecule has 2 heterocycles. The molecule has 0 bridgehead atoms. The van der Waals surface area contributed by atoms with Gasteiger partial charge >= 0.3 is 26.0 Å². The fraction of sp³-hybridized carbons (Fsp3) is 0.312. The molecule has 2 N–H and O–H groups in total. The summed E-state index contributed by atoms with van der Waals surface area (Å²) in [5, 5.41) is 17.4. The summed E-state index contributed by atoms with van der Waals surface area (Å²) in [6.45, 7) is 10.1. The number of pyridine rings is 2. The molecule has 23 heavy (non-hydrogen) atoms. The standard InChI is InChI=1S/C6H8BNO2.C6H6BrN.C4H9.Li/c1-5-2-3-8-4-6(5)7(9)10;1-5-2-3-8-4-6(5)7;1-4(2)3;/h2-4,9-10H,1H3;2-4H,1H3;1-3H3;/q;;-1;+1. The van der Waals surface area contributed by atoms with Gasteiger partial charge in [-0.3, -0.25) is 9.97 Å². The molecule has 0 unspecified atom stereocenters. The van der Waals surface area contributed by atoms with E-state index in [1.807, 2.05) is 13.0 Å². The second-order valence-corrected chi connectivity index (χ2v) is 6.09. The van der Waals surface area contributed by atoms with Gasteiger partial charge in [-0.2, -0.15) is 20.8 Å². The summed E-state index contributed by atoms with van der Waals surface area (Å²) in [5.41, 5.74) is 2.52. The van der Waals surface area contributed by atoms with Crippen LogP contribution in [0.25, 0.3) is 0 Å². The van der Waals surface area contributed by atoms with Crippen molar-refractivity contribution in [2.45, 2.75) is 34.6 Å². The van der Waals surface area contributed by atoms with Crippen LogP contribution in [0.2, 0.25) is 0 Å². The first-order chi connectivity index (χ1) is 10.3. The number of aromatic nitrogens is 2. The minimum atomic E-state index is -1.41.